The lowest BCUT2D eigenvalue weighted by molar-refractivity contribution is -0.141. The molecule has 3 aromatic carbocycles. The molecule has 34 heavy (non-hydrogen) atoms. The third-order valence-electron chi connectivity index (χ3n) is 6.38. The van der Waals surface area contributed by atoms with Crippen molar-refractivity contribution in [3.8, 4) is 11.1 Å². The maximum Gasteiger partial charge on any atom is 0.259 e. The maximum atomic E-state index is 14.5. The minimum atomic E-state index is -1.68. The Labute approximate surface area is 200 Å². The van der Waals surface area contributed by atoms with E-state index in [-0.39, 0.29) is 47.1 Å². The fourth-order valence-electron chi connectivity index (χ4n) is 4.62. The molecule has 0 spiro atoms. The number of halogens is 2. The number of nitrogens with one attached hydrogen (secondary N) is 2. The van der Waals surface area contributed by atoms with Gasteiger partial charge < -0.3 is 15.5 Å². The van der Waals surface area contributed by atoms with Gasteiger partial charge in [0.05, 0.1) is 11.3 Å². The first-order valence-electron chi connectivity index (χ1n) is 10.9. The molecule has 172 valence electrons. The molecule has 2 heterocycles. The van der Waals surface area contributed by atoms with E-state index in [9.17, 15) is 18.8 Å². The molecule has 1 fully saturated rings. The number of benzene rings is 3. The predicted octanol–water partition coefficient (Wildman–Crippen LogP) is 3.69. The highest BCUT2D eigenvalue weighted by atomic mass is 35.5. The highest BCUT2D eigenvalue weighted by molar-refractivity contribution is 6.30. The summed E-state index contributed by atoms with van der Waals surface area (Å²) >= 11 is 5.87. The Morgan fingerprint density at radius 2 is 1.82 bits per heavy atom. The van der Waals surface area contributed by atoms with E-state index in [0.717, 1.165) is 5.56 Å². The van der Waals surface area contributed by atoms with Crippen LogP contribution in [0.5, 0.6) is 0 Å². The number of fused-ring (bicyclic) bond motifs is 2. The molecular formula is C26H21ClFN3O3. The van der Waals surface area contributed by atoms with Crippen molar-refractivity contribution in [1.82, 2.24) is 10.2 Å². The quantitative estimate of drug-likeness (QED) is 0.562. The smallest absolute Gasteiger partial charge is 0.259 e. The molecule has 2 aliphatic rings. The van der Waals surface area contributed by atoms with Crippen molar-refractivity contribution in [2.75, 3.05) is 25.0 Å². The molecule has 0 radical (unpaired) electrons. The lowest BCUT2D eigenvalue weighted by Gasteiger charge is -2.43. The molecule has 8 heteroatoms. The zero-order valence-electron chi connectivity index (χ0n) is 18.1. The number of Topliss-reactive ketones (excluding diaryl/α,β-unsaturated/α-hetero) is 1. The van der Waals surface area contributed by atoms with Crippen LogP contribution in [0.1, 0.15) is 15.9 Å². The monoisotopic (exact) mass is 477 g/mol. The number of ketones is 1. The summed E-state index contributed by atoms with van der Waals surface area (Å²) in [4.78, 5) is 42.2. The molecule has 2 aliphatic heterocycles. The van der Waals surface area contributed by atoms with E-state index in [2.05, 4.69) is 10.6 Å². The number of rotatable bonds is 4. The predicted molar refractivity (Wildman–Crippen MR) is 127 cm³/mol. The van der Waals surface area contributed by atoms with Crippen LogP contribution in [0.15, 0.2) is 66.7 Å². The molecule has 6 nitrogen and oxygen atoms in total. The van der Waals surface area contributed by atoms with E-state index in [1.165, 1.54) is 17.0 Å². The van der Waals surface area contributed by atoms with E-state index in [1.807, 2.05) is 30.3 Å². The lowest BCUT2D eigenvalue weighted by atomic mass is 9.85. The van der Waals surface area contributed by atoms with Crippen molar-refractivity contribution in [2.24, 2.45) is 0 Å². The first-order chi connectivity index (χ1) is 16.4. The van der Waals surface area contributed by atoms with Gasteiger partial charge in [-0.25, -0.2) is 4.39 Å². The van der Waals surface area contributed by atoms with Gasteiger partial charge >= 0.3 is 0 Å². The second-order valence-corrected chi connectivity index (χ2v) is 8.85. The zero-order valence-corrected chi connectivity index (χ0v) is 18.9. The van der Waals surface area contributed by atoms with Gasteiger partial charge in [0.1, 0.15) is 5.82 Å². The van der Waals surface area contributed by atoms with E-state index in [1.54, 1.807) is 24.3 Å². The van der Waals surface area contributed by atoms with Crippen LogP contribution < -0.4 is 10.6 Å². The normalized spacial score (nSPS) is 19.6. The first-order valence-corrected chi connectivity index (χ1v) is 11.3. The number of hydrogen-bond donors (Lipinski definition) is 2. The van der Waals surface area contributed by atoms with Gasteiger partial charge in [-0.1, -0.05) is 48.0 Å². The second-order valence-electron chi connectivity index (χ2n) is 8.42. The minimum absolute atomic E-state index is 0.0112. The van der Waals surface area contributed by atoms with Gasteiger partial charge in [0.15, 0.2) is 11.3 Å². The Morgan fingerprint density at radius 3 is 2.59 bits per heavy atom. The number of carbonyl (C=O) groups is 3. The van der Waals surface area contributed by atoms with Gasteiger partial charge in [-0.05, 0) is 41.5 Å². The third kappa shape index (κ3) is 3.67. The third-order valence-corrected chi connectivity index (χ3v) is 6.62. The highest BCUT2D eigenvalue weighted by Crippen LogP contribution is 2.35. The Bertz CT molecular complexity index is 1310. The summed E-state index contributed by atoms with van der Waals surface area (Å²) in [5, 5.41) is 6.16. The van der Waals surface area contributed by atoms with Crippen molar-refractivity contribution in [3.63, 3.8) is 0 Å². The van der Waals surface area contributed by atoms with E-state index < -0.39 is 23.2 Å². The molecule has 0 aromatic heterocycles. The molecule has 1 saturated heterocycles. The van der Waals surface area contributed by atoms with Crippen molar-refractivity contribution >= 4 is 34.9 Å². The fraction of sp³-hybridized carbons (Fsp3) is 0.192. The van der Waals surface area contributed by atoms with Crippen molar-refractivity contribution in [1.29, 1.82) is 0 Å². The van der Waals surface area contributed by atoms with Crippen LogP contribution in [0.25, 0.3) is 11.1 Å². The summed E-state index contributed by atoms with van der Waals surface area (Å²) < 4.78 is 14.5. The molecule has 0 saturated carbocycles. The Hall–Kier alpha value is -3.55. The van der Waals surface area contributed by atoms with Gasteiger partial charge in [0.25, 0.3) is 11.8 Å². The number of hydrogen-bond acceptors (Lipinski definition) is 4. The molecule has 2 N–H and O–H groups in total. The largest absolute Gasteiger partial charge is 0.323 e. The van der Waals surface area contributed by atoms with Gasteiger partial charge in [0.2, 0.25) is 0 Å². The van der Waals surface area contributed by atoms with E-state index in [4.69, 9.17) is 11.6 Å². The average Bonchev–Trinajstić information content (AvgIpc) is 2.93. The first kappa shape index (κ1) is 22.3. The number of piperazine rings is 1. The summed E-state index contributed by atoms with van der Waals surface area (Å²) in [5.41, 5.74) is 0.312. The summed E-state index contributed by atoms with van der Waals surface area (Å²) in [5.74, 6) is -1.90. The molecule has 1 atom stereocenters. The van der Waals surface area contributed by atoms with Crippen molar-refractivity contribution in [3.05, 3.63) is 88.7 Å². The van der Waals surface area contributed by atoms with Crippen LogP contribution in [-0.2, 0) is 16.0 Å². The molecule has 0 bridgehead atoms. The zero-order chi connectivity index (χ0) is 23.9. The molecule has 5 rings (SSSR count). The SMILES string of the molecule is O=C1c2cc(-c3ccc(Cl)cc3F)ccc2NC(=O)C2(C(=O)Cc3ccccc3)CNCCN12. The van der Waals surface area contributed by atoms with Gasteiger partial charge in [0, 0.05) is 36.6 Å². The molecule has 2 amide bonds. The Morgan fingerprint density at radius 1 is 1.03 bits per heavy atom. The molecule has 3 aromatic rings. The van der Waals surface area contributed by atoms with Gasteiger partial charge in [-0.3, -0.25) is 14.4 Å². The maximum absolute atomic E-state index is 14.5. The summed E-state index contributed by atoms with van der Waals surface area (Å²) in [6.07, 6.45) is 0.0112. The number of anilines is 1. The fourth-order valence-corrected chi connectivity index (χ4v) is 4.78. The highest BCUT2D eigenvalue weighted by Gasteiger charge is 2.55. The topological polar surface area (TPSA) is 78.5 Å². The summed E-state index contributed by atoms with van der Waals surface area (Å²) in [6.45, 7) is 0.648. The molecular weight excluding hydrogens is 457 g/mol. The van der Waals surface area contributed by atoms with E-state index in [0.29, 0.717) is 12.1 Å². The van der Waals surface area contributed by atoms with Gasteiger partial charge in [-0.2, -0.15) is 0 Å². The molecule has 1 unspecified atom stereocenters. The average molecular weight is 478 g/mol. The van der Waals surface area contributed by atoms with Crippen molar-refractivity contribution < 1.29 is 18.8 Å². The molecule has 0 aliphatic carbocycles. The Balaban J connectivity index is 1.57. The van der Waals surface area contributed by atoms with Gasteiger partial charge in [-0.15, -0.1) is 0 Å². The second kappa shape index (κ2) is 8.66. The summed E-state index contributed by atoms with van der Waals surface area (Å²) in [7, 11) is 0. The minimum Gasteiger partial charge on any atom is -0.323 e. The van der Waals surface area contributed by atoms with Crippen LogP contribution in [0, 0.1) is 5.82 Å². The van der Waals surface area contributed by atoms with Crippen LogP contribution >= 0.6 is 11.6 Å². The lowest BCUT2D eigenvalue weighted by Crippen LogP contribution is -2.71. The summed E-state index contributed by atoms with van der Waals surface area (Å²) in [6, 6.07) is 18.2. The van der Waals surface area contributed by atoms with Crippen LogP contribution in [0.4, 0.5) is 10.1 Å². The Kier molecular flexibility index (Phi) is 5.67. The number of carbonyl (C=O) groups excluding carboxylic acids is 3. The van der Waals surface area contributed by atoms with Crippen molar-refractivity contribution in [2.45, 2.75) is 12.0 Å². The van der Waals surface area contributed by atoms with Crippen LogP contribution in [0.3, 0.4) is 0 Å². The van der Waals surface area contributed by atoms with E-state index >= 15 is 0 Å². The number of amides is 2. The van der Waals surface area contributed by atoms with Crippen LogP contribution in [-0.4, -0.2) is 47.7 Å². The standard InChI is InChI=1S/C26H21ClFN3O3/c27-18-7-8-19(21(28)14-18)17-6-9-22-20(13-17)24(33)31-11-10-29-15-26(31,25(34)30-22)23(32)12-16-4-2-1-3-5-16/h1-9,13-14,29H,10-12,15H2,(H,30,34). The van der Waals surface area contributed by atoms with Crippen LogP contribution in [0.2, 0.25) is 5.02 Å². The number of nitrogens with zero attached hydrogens (tertiary/aromatic N) is 1.